The fourth-order valence-corrected chi connectivity index (χ4v) is 1.99. The van der Waals surface area contributed by atoms with Crippen LogP contribution in [0.2, 0.25) is 0 Å². The minimum Gasteiger partial charge on any atom is -0.441 e. The lowest BCUT2D eigenvalue weighted by atomic mass is 10.2. The Bertz CT molecular complexity index is 763. The van der Waals surface area contributed by atoms with Crippen molar-refractivity contribution < 1.29 is 9.21 Å². The highest BCUT2D eigenvalue weighted by atomic mass is 16.3. The van der Waals surface area contributed by atoms with E-state index in [1.165, 1.54) is 17.3 Å². The van der Waals surface area contributed by atoms with Gasteiger partial charge in [0.2, 0.25) is 5.91 Å². The van der Waals surface area contributed by atoms with Gasteiger partial charge in [-0.15, -0.1) is 0 Å². The molecule has 0 radical (unpaired) electrons. The number of anilines is 1. The number of oxazole rings is 1. The van der Waals surface area contributed by atoms with E-state index in [0.29, 0.717) is 17.2 Å². The van der Waals surface area contributed by atoms with Gasteiger partial charge in [0.05, 0.1) is 0 Å². The zero-order valence-electron chi connectivity index (χ0n) is 11.8. The smallest absolute Gasteiger partial charge is 0.249 e. The maximum atomic E-state index is 12.2. The molecule has 0 aliphatic carbocycles. The molecule has 2 aromatic heterocycles. The third kappa shape index (κ3) is 2.62. The van der Waals surface area contributed by atoms with Crippen LogP contribution in [0.1, 0.15) is 25.8 Å². The van der Waals surface area contributed by atoms with Crippen LogP contribution in [0.4, 0.5) is 5.69 Å². The van der Waals surface area contributed by atoms with Gasteiger partial charge < -0.3 is 9.73 Å². The normalized spacial score (nSPS) is 12.5. The summed E-state index contributed by atoms with van der Waals surface area (Å²) in [6, 6.07) is 4.95. The Labute approximate surface area is 121 Å². The van der Waals surface area contributed by atoms with Crippen molar-refractivity contribution in [3.05, 3.63) is 36.7 Å². The van der Waals surface area contributed by atoms with Crippen LogP contribution in [0.5, 0.6) is 0 Å². The van der Waals surface area contributed by atoms with Crippen LogP contribution in [0, 0.1) is 0 Å². The van der Waals surface area contributed by atoms with E-state index >= 15 is 0 Å². The van der Waals surface area contributed by atoms with E-state index in [4.69, 9.17) is 4.42 Å². The highest BCUT2D eigenvalue weighted by Crippen LogP contribution is 2.21. The minimum atomic E-state index is -0.438. The van der Waals surface area contributed by atoms with Gasteiger partial charge in [-0.25, -0.2) is 14.6 Å². The molecule has 0 aliphatic heterocycles. The van der Waals surface area contributed by atoms with E-state index in [1.54, 1.807) is 25.1 Å². The second-order valence-electron chi connectivity index (χ2n) is 4.68. The van der Waals surface area contributed by atoms with E-state index in [1.807, 2.05) is 6.92 Å². The lowest BCUT2D eigenvalue weighted by Crippen LogP contribution is -2.23. The first kappa shape index (κ1) is 13.3. The largest absolute Gasteiger partial charge is 0.441 e. The van der Waals surface area contributed by atoms with Gasteiger partial charge >= 0.3 is 0 Å². The van der Waals surface area contributed by atoms with Crippen molar-refractivity contribution in [2.45, 2.75) is 26.3 Å². The van der Waals surface area contributed by atoms with Gasteiger partial charge in [-0.2, -0.15) is 5.10 Å². The number of hydrogen-bond acceptors (Lipinski definition) is 5. The van der Waals surface area contributed by atoms with Crippen LogP contribution in [-0.2, 0) is 11.2 Å². The molecule has 0 saturated carbocycles. The Balaban J connectivity index is 1.79. The summed E-state index contributed by atoms with van der Waals surface area (Å²) in [7, 11) is 0. The first-order valence-electron chi connectivity index (χ1n) is 6.72. The Morgan fingerprint density at radius 2 is 2.33 bits per heavy atom. The van der Waals surface area contributed by atoms with E-state index in [9.17, 15) is 4.79 Å². The fraction of sp³-hybridized carbons (Fsp3) is 0.286. The predicted molar refractivity (Wildman–Crippen MR) is 76.7 cm³/mol. The summed E-state index contributed by atoms with van der Waals surface area (Å²) in [5.74, 6) is 0.517. The molecule has 1 unspecified atom stereocenters. The molecule has 0 saturated heterocycles. The van der Waals surface area contributed by atoms with Gasteiger partial charge in [-0.1, -0.05) is 6.92 Å². The van der Waals surface area contributed by atoms with Gasteiger partial charge in [-0.3, -0.25) is 4.79 Å². The molecule has 7 heteroatoms. The maximum Gasteiger partial charge on any atom is 0.249 e. The van der Waals surface area contributed by atoms with Crippen LogP contribution in [0.3, 0.4) is 0 Å². The van der Waals surface area contributed by atoms with Crippen LogP contribution in [-0.4, -0.2) is 25.7 Å². The van der Waals surface area contributed by atoms with Crippen molar-refractivity contribution in [3.63, 3.8) is 0 Å². The number of hydrogen-bond donors (Lipinski definition) is 1. The molecule has 1 aromatic carbocycles. The Kier molecular flexibility index (Phi) is 3.39. The van der Waals surface area contributed by atoms with E-state index in [2.05, 4.69) is 20.4 Å². The van der Waals surface area contributed by atoms with Crippen molar-refractivity contribution in [1.82, 2.24) is 19.7 Å². The van der Waals surface area contributed by atoms with Crippen molar-refractivity contribution >= 4 is 22.7 Å². The number of benzene rings is 1. The molecule has 3 rings (SSSR count). The number of fused-ring (bicyclic) bond motifs is 1. The van der Waals surface area contributed by atoms with Gasteiger partial charge in [0.1, 0.15) is 24.2 Å². The van der Waals surface area contributed by atoms with Gasteiger partial charge in [0.15, 0.2) is 11.5 Å². The SMILES string of the molecule is CCc1nc2cc(NC(=O)C(C)n3cncn3)ccc2o1. The lowest BCUT2D eigenvalue weighted by molar-refractivity contribution is -0.119. The lowest BCUT2D eigenvalue weighted by Gasteiger charge is -2.11. The molecule has 21 heavy (non-hydrogen) atoms. The molecule has 2 heterocycles. The summed E-state index contributed by atoms with van der Waals surface area (Å²) in [5, 5.41) is 6.80. The second-order valence-corrected chi connectivity index (χ2v) is 4.68. The number of carbonyl (C=O) groups excluding carboxylic acids is 1. The first-order chi connectivity index (χ1) is 10.2. The van der Waals surface area contributed by atoms with Crippen LogP contribution < -0.4 is 5.32 Å². The van der Waals surface area contributed by atoms with Gasteiger partial charge in [0.25, 0.3) is 0 Å². The maximum absolute atomic E-state index is 12.2. The Morgan fingerprint density at radius 1 is 1.48 bits per heavy atom. The van der Waals surface area contributed by atoms with Crippen LogP contribution >= 0.6 is 0 Å². The molecule has 0 aliphatic rings. The summed E-state index contributed by atoms with van der Waals surface area (Å²) in [6.07, 6.45) is 3.65. The third-order valence-electron chi connectivity index (χ3n) is 3.21. The standard InChI is InChI=1S/C14H15N5O2/c1-3-13-18-11-6-10(4-5-12(11)21-13)17-14(20)9(2)19-8-15-7-16-19/h4-9H,3H2,1-2H3,(H,17,20). The number of nitrogens with one attached hydrogen (secondary N) is 1. The third-order valence-corrected chi connectivity index (χ3v) is 3.21. The van der Waals surface area contributed by atoms with Crippen molar-refractivity contribution in [2.75, 3.05) is 5.32 Å². The Morgan fingerprint density at radius 3 is 3.05 bits per heavy atom. The minimum absolute atomic E-state index is 0.168. The van der Waals surface area contributed by atoms with Crippen molar-refractivity contribution in [2.24, 2.45) is 0 Å². The fourth-order valence-electron chi connectivity index (χ4n) is 1.99. The average Bonchev–Trinajstić information content (AvgIpc) is 3.14. The number of nitrogens with zero attached hydrogens (tertiary/aromatic N) is 4. The number of carbonyl (C=O) groups is 1. The number of rotatable bonds is 4. The number of amides is 1. The van der Waals surface area contributed by atoms with E-state index in [0.717, 1.165) is 11.9 Å². The van der Waals surface area contributed by atoms with Crippen LogP contribution in [0.25, 0.3) is 11.1 Å². The molecular formula is C14H15N5O2. The molecule has 1 atom stereocenters. The molecule has 1 N–H and O–H groups in total. The number of aromatic nitrogens is 4. The zero-order valence-corrected chi connectivity index (χ0v) is 11.8. The summed E-state index contributed by atoms with van der Waals surface area (Å²) >= 11 is 0. The quantitative estimate of drug-likeness (QED) is 0.794. The van der Waals surface area contributed by atoms with Crippen LogP contribution in [0.15, 0.2) is 35.3 Å². The molecular weight excluding hydrogens is 270 g/mol. The summed E-state index contributed by atoms with van der Waals surface area (Å²) in [6.45, 7) is 3.74. The summed E-state index contributed by atoms with van der Waals surface area (Å²) < 4.78 is 7.04. The Hall–Kier alpha value is -2.70. The molecule has 0 bridgehead atoms. The molecule has 108 valence electrons. The van der Waals surface area contributed by atoms with Crippen molar-refractivity contribution in [1.29, 1.82) is 0 Å². The molecule has 1 amide bonds. The predicted octanol–water partition coefficient (Wildman–Crippen LogP) is 2.18. The van der Waals surface area contributed by atoms with Crippen molar-refractivity contribution in [3.8, 4) is 0 Å². The monoisotopic (exact) mass is 285 g/mol. The van der Waals surface area contributed by atoms with E-state index < -0.39 is 6.04 Å². The average molecular weight is 285 g/mol. The molecule has 0 spiro atoms. The summed E-state index contributed by atoms with van der Waals surface area (Å²) in [4.78, 5) is 20.3. The molecule has 0 fully saturated rings. The topological polar surface area (TPSA) is 85.8 Å². The zero-order chi connectivity index (χ0) is 14.8. The van der Waals surface area contributed by atoms with E-state index in [-0.39, 0.29) is 5.91 Å². The number of aryl methyl sites for hydroxylation is 1. The van der Waals surface area contributed by atoms with Gasteiger partial charge in [0, 0.05) is 12.1 Å². The second kappa shape index (κ2) is 5.35. The molecule has 3 aromatic rings. The highest BCUT2D eigenvalue weighted by molar-refractivity contribution is 5.95. The summed E-state index contributed by atoms with van der Waals surface area (Å²) in [5.41, 5.74) is 2.13. The molecule has 7 nitrogen and oxygen atoms in total. The first-order valence-corrected chi connectivity index (χ1v) is 6.72. The highest BCUT2D eigenvalue weighted by Gasteiger charge is 2.16. The van der Waals surface area contributed by atoms with Gasteiger partial charge in [-0.05, 0) is 25.1 Å².